The summed E-state index contributed by atoms with van der Waals surface area (Å²) in [5.41, 5.74) is 3.19. The van der Waals surface area contributed by atoms with Crippen LogP contribution in [0.4, 0.5) is 5.69 Å². The molecule has 0 fully saturated rings. The minimum Gasteiger partial charge on any atom is -0.321 e. The van der Waals surface area contributed by atoms with Gasteiger partial charge in [0.05, 0.1) is 0 Å². The lowest BCUT2D eigenvalue weighted by atomic mass is 9.98. The van der Waals surface area contributed by atoms with Crippen molar-refractivity contribution in [1.82, 2.24) is 0 Å². The van der Waals surface area contributed by atoms with Gasteiger partial charge in [-0.25, -0.2) is 0 Å². The number of para-hydroxylation sites is 1. The van der Waals surface area contributed by atoms with Gasteiger partial charge in [-0.2, -0.15) is 0 Å². The molecule has 0 spiro atoms. The first-order chi connectivity index (χ1) is 9.00. The van der Waals surface area contributed by atoms with E-state index in [-0.39, 0.29) is 5.91 Å². The first-order valence-electron chi connectivity index (χ1n) is 6.14. The summed E-state index contributed by atoms with van der Waals surface area (Å²) in [6.07, 6.45) is 0. The fourth-order valence-electron chi connectivity index (χ4n) is 1.97. The number of thiophene rings is 1. The Bertz CT molecular complexity index is 604. The summed E-state index contributed by atoms with van der Waals surface area (Å²) in [6.45, 7) is 6.28. The average Bonchev–Trinajstić information content (AvgIpc) is 2.77. The second kappa shape index (κ2) is 5.88. The van der Waals surface area contributed by atoms with E-state index in [0.717, 1.165) is 15.7 Å². The lowest BCUT2D eigenvalue weighted by Gasteiger charge is -2.16. The van der Waals surface area contributed by atoms with Crippen LogP contribution in [0.2, 0.25) is 0 Å². The maximum absolute atomic E-state index is 12.3. The number of hydrogen-bond donors (Lipinski definition) is 1. The van der Waals surface area contributed by atoms with Crippen LogP contribution in [0.5, 0.6) is 0 Å². The SMILES string of the molecule is Cc1cccc(C(C)C)c1NC(=O)c1sccc1Br. The van der Waals surface area contributed by atoms with Crippen molar-refractivity contribution in [1.29, 1.82) is 0 Å². The van der Waals surface area contributed by atoms with Crippen LogP contribution in [0, 0.1) is 6.92 Å². The van der Waals surface area contributed by atoms with Crippen molar-refractivity contribution in [3.8, 4) is 0 Å². The van der Waals surface area contributed by atoms with Gasteiger partial charge in [0.2, 0.25) is 0 Å². The molecule has 2 aromatic rings. The van der Waals surface area contributed by atoms with Crippen molar-refractivity contribution in [3.63, 3.8) is 0 Å². The summed E-state index contributed by atoms with van der Waals surface area (Å²) in [6, 6.07) is 8.00. The molecule has 0 aliphatic rings. The van der Waals surface area contributed by atoms with Crippen LogP contribution in [-0.4, -0.2) is 5.91 Å². The number of nitrogens with one attached hydrogen (secondary N) is 1. The number of carbonyl (C=O) groups excluding carboxylic acids is 1. The minimum atomic E-state index is -0.0573. The largest absolute Gasteiger partial charge is 0.321 e. The van der Waals surface area contributed by atoms with Crippen molar-refractivity contribution in [2.24, 2.45) is 0 Å². The van der Waals surface area contributed by atoms with Crippen LogP contribution >= 0.6 is 27.3 Å². The number of halogens is 1. The topological polar surface area (TPSA) is 29.1 Å². The molecule has 19 heavy (non-hydrogen) atoms. The summed E-state index contributed by atoms with van der Waals surface area (Å²) >= 11 is 4.83. The van der Waals surface area contributed by atoms with Gasteiger partial charge in [-0.05, 0) is 51.3 Å². The van der Waals surface area contributed by atoms with Gasteiger partial charge in [0.1, 0.15) is 4.88 Å². The third-order valence-corrected chi connectivity index (χ3v) is 4.83. The highest BCUT2D eigenvalue weighted by molar-refractivity contribution is 9.10. The zero-order valence-corrected chi connectivity index (χ0v) is 13.6. The number of benzene rings is 1. The molecule has 0 saturated carbocycles. The first-order valence-corrected chi connectivity index (χ1v) is 7.81. The number of rotatable bonds is 3. The first kappa shape index (κ1) is 14.3. The fraction of sp³-hybridized carbons (Fsp3) is 0.267. The predicted octanol–water partition coefficient (Wildman–Crippen LogP) is 5.19. The normalized spacial score (nSPS) is 10.8. The maximum atomic E-state index is 12.3. The van der Waals surface area contributed by atoms with Gasteiger partial charge >= 0.3 is 0 Å². The smallest absolute Gasteiger partial charge is 0.266 e. The summed E-state index contributed by atoms with van der Waals surface area (Å²) in [4.78, 5) is 13.0. The van der Waals surface area contributed by atoms with E-state index in [1.807, 2.05) is 30.5 Å². The van der Waals surface area contributed by atoms with Gasteiger partial charge in [-0.15, -0.1) is 11.3 Å². The zero-order valence-electron chi connectivity index (χ0n) is 11.2. The second-order valence-corrected chi connectivity index (χ2v) is 6.52. The fourth-order valence-corrected chi connectivity index (χ4v) is 3.41. The van der Waals surface area contributed by atoms with Crippen molar-refractivity contribution in [3.05, 3.63) is 50.1 Å². The Hall–Kier alpha value is -1.13. The molecular formula is C15H16BrNOS. The maximum Gasteiger partial charge on any atom is 0.266 e. The van der Waals surface area contributed by atoms with Crippen LogP contribution in [0.3, 0.4) is 0 Å². The van der Waals surface area contributed by atoms with Gasteiger partial charge in [-0.3, -0.25) is 4.79 Å². The standard InChI is InChI=1S/C15H16BrNOS/c1-9(2)11-6-4-5-10(3)13(11)17-15(18)14-12(16)7-8-19-14/h4-9H,1-3H3,(H,17,18). The molecule has 1 aromatic carbocycles. The summed E-state index contributed by atoms with van der Waals surface area (Å²) in [5.74, 6) is 0.319. The van der Waals surface area contributed by atoms with E-state index >= 15 is 0 Å². The monoisotopic (exact) mass is 337 g/mol. The van der Waals surface area contributed by atoms with Gasteiger partial charge in [0.15, 0.2) is 0 Å². The minimum absolute atomic E-state index is 0.0573. The van der Waals surface area contributed by atoms with E-state index in [2.05, 4.69) is 41.2 Å². The van der Waals surface area contributed by atoms with Crippen molar-refractivity contribution < 1.29 is 4.79 Å². The molecule has 0 saturated heterocycles. The summed E-state index contributed by atoms with van der Waals surface area (Å²) in [7, 11) is 0. The molecule has 0 aliphatic carbocycles. The molecule has 0 atom stereocenters. The average molecular weight is 338 g/mol. The Kier molecular flexibility index (Phi) is 4.42. The Morgan fingerprint density at radius 2 is 2.05 bits per heavy atom. The van der Waals surface area contributed by atoms with Gasteiger partial charge in [0.25, 0.3) is 5.91 Å². The van der Waals surface area contributed by atoms with E-state index in [0.29, 0.717) is 10.8 Å². The van der Waals surface area contributed by atoms with Gasteiger partial charge in [-0.1, -0.05) is 32.0 Å². The Labute approximate surface area is 126 Å². The highest BCUT2D eigenvalue weighted by atomic mass is 79.9. The predicted molar refractivity (Wildman–Crippen MR) is 85.2 cm³/mol. The molecule has 0 aliphatic heterocycles. The van der Waals surface area contributed by atoms with E-state index < -0.39 is 0 Å². The van der Waals surface area contributed by atoms with Gasteiger partial charge in [0, 0.05) is 10.2 Å². The molecule has 1 heterocycles. The zero-order chi connectivity index (χ0) is 14.0. The van der Waals surface area contributed by atoms with Crippen LogP contribution in [0.15, 0.2) is 34.1 Å². The van der Waals surface area contributed by atoms with E-state index in [9.17, 15) is 4.79 Å². The van der Waals surface area contributed by atoms with Crippen LogP contribution in [0.25, 0.3) is 0 Å². The van der Waals surface area contributed by atoms with E-state index in [1.165, 1.54) is 16.9 Å². The van der Waals surface area contributed by atoms with Crippen LogP contribution < -0.4 is 5.32 Å². The molecule has 100 valence electrons. The third kappa shape index (κ3) is 3.07. The van der Waals surface area contributed by atoms with E-state index in [1.54, 1.807) is 0 Å². The van der Waals surface area contributed by atoms with E-state index in [4.69, 9.17) is 0 Å². The molecule has 2 rings (SSSR count). The quantitative estimate of drug-likeness (QED) is 0.819. The van der Waals surface area contributed by atoms with Crippen molar-refractivity contribution in [2.75, 3.05) is 5.32 Å². The lowest BCUT2D eigenvalue weighted by molar-refractivity contribution is 0.102. The van der Waals surface area contributed by atoms with Crippen LogP contribution in [0.1, 0.15) is 40.6 Å². The molecule has 1 aromatic heterocycles. The number of aryl methyl sites for hydroxylation is 1. The number of hydrogen-bond acceptors (Lipinski definition) is 2. The third-order valence-electron chi connectivity index (χ3n) is 2.99. The lowest BCUT2D eigenvalue weighted by Crippen LogP contribution is -2.14. The van der Waals surface area contributed by atoms with Crippen LogP contribution in [-0.2, 0) is 0 Å². The Balaban J connectivity index is 2.34. The molecule has 0 radical (unpaired) electrons. The summed E-state index contributed by atoms with van der Waals surface area (Å²) in [5, 5.41) is 4.95. The Morgan fingerprint density at radius 3 is 2.63 bits per heavy atom. The van der Waals surface area contributed by atoms with Crippen molar-refractivity contribution >= 4 is 38.9 Å². The summed E-state index contributed by atoms with van der Waals surface area (Å²) < 4.78 is 0.842. The Morgan fingerprint density at radius 1 is 1.32 bits per heavy atom. The molecular weight excluding hydrogens is 322 g/mol. The molecule has 4 heteroatoms. The molecule has 0 bridgehead atoms. The number of amides is 1. The number of carbonyl (C=O) groups is 1. The second-order valence-electron chi connectivity index (χ2n) is 4.75. The molecule has 1 amide bonds. The van der Waals surface area contributed by atoms with Crippen molar-refractivity contribution in [2.45, 2.75) is 26.7 Å². The molecule has 1 N–H and O–H groups in total. The molecule has 2 nitrogen and oxygen atoms in total. The highest BCUT2D eigenvalue weighted by Crippen LogP contribution is 2.29. The number of anilines is 1. The highest BCUT2D eigenvalue weighted by Gasteiger charge is 2.15. The van der Waals surface area contributed by atoms with Gasteiger partial charge < -0.3 is 5.32 Å². The molecule has 0 unspecified atom stereocenters.